The van der Waals surface area contributed by atoms with Gasteiger partial charge in [-0.1, -0.05) is 0 Å². The van der Waals surface area contributed by atoms with Crippen LogP contribution in [0.2, 0.25) is 0 Å². The molecular formula is C15H31N4P. The van der Waals surface area contributed by atoms with Crippen LogP contribution in [0.4, 0.5) is 0 Å². The van der Waals surface area contributed by atoms with E-state index in [-0.39, 0.29) is 8.07 Å². The predicted molar refractivity (Wildman–Crippen MR) is 86.8 cm³/mol. The van der Waals surface area contributed by atoms with Crippen LogP contribution in [0.1, 0.15) is 41.5 Å². The average molecular weight is 298 g/mol. The maximum absolute atomic E-state index is 2.80. The SMILES string of the molecule is CC(C)N1CN2CN(C(C)C)C3(C2)CN(C(C)C)P3C1. The summed E-state index contributed by atoms with van der Waals surface area (Å²) in [4.78, 5) is 8.18. The molecule has 0 N–H and O–H groups in total. The van der Waals surface area contributed by atoms with Crippen LogP contribution in [0, 0.1) is 0 Å². The van der Waals surface area contributed by atoms with Gasteiger partial charge in [0.15, 0.2) is 0 Å². The second-order valence-corrected chi connectivity index (χ2v) is 10.0. The van der Waals surface area contributed by atoms with Crippen molar-refractivity contribution < 1.29 is 0 Å². The van der Waals surface area contributed by atoms with Gasteiger partial charge in [-0.05, 0) is 41.5 Å². The van der Waals surface area contributed by atoms with Gasteiger partial charge >= 0.3 is 0 Å². The normalized spacial score (nSPS) is 39.5. The molecule has 2 bridgehead atoms. The van der Waals surface area contributed by atoms with Gasteiger partial charge < -0.3 is 0 Å². The number of fused-ring (bicyclic) bond motifs is 1. The number of hydrogen-bond acceptors (Lipinski definition) is 4. The van der Waals surface area contributed by atoms with Gasteiger partial charge in [-0.2, -0.15) is 0 Å². The monoisotopic (exact) mass is 298 g/mol. The lowest BCUT2D eigenvalue weighted by molar-refractivity contribution is 0.0763. The quantitative estimate of drug-likeness (QED) is 0.742. The van der Waals surface area contributed by atoms with Crippen LogP contribution in [0.15, 0.2) is 0 Å². The summed E-state index contributed by atoms with van der Waals surface area (Å²) in [5.41, 5.74) is 0. The topological polar surface area (TPSA) is 13.0 Å². The maximum atomic E-state index is 2.80. The molecule has 3 fully saturated rings. The zero-order valence-corrected chi connectivity index (χ0v) is 14.9. The third-order valence-corrected chi connectivity index (χ3v) is 8.57. The molecule has 0 aromatic heterocycles. The Labute approximate surface area is 125 Å². The second kappa shape index (κ2) is 5.17. The molecule has 3 saturated heterocycles. The molecule has 1 spiro atoms. The molecule has 116 valence electrons. The molecule has 3 rings (SSSR count). The van der Waals surface area contributed by atoms with E-state index in [4.69, 9.17) is 0 Å². The summed E-state index contributed by atoms with van der Waals surface area (Å²) >= 11 is 0. The fraction of sp³-hybridized carbons (Fsp3) is 1.00. The van der Waals surface area contributed by atoms with E-state index in [1.54, 1.807) is 0 Å². The van der Waals surface area contributed by atoms with Crippen molar-refractivity contribution in [2.45, 2.75) is 64.9 Å². The minimum atomic E-state index is -0.0445. The molecular weight excluding hydrogens is 267 g/mol. The first-order valence-electron chi connectivity index (χ1n) is 8.12. The van der Waals surface area contributed by atoms with Gasteiger partial charge in [-0.15, -0.1) is 0 Å². The van der Waals surface area contributed by atoms with E-state index >= 15 is 0 Å². The molecule has 5 heteroatoms. The van der Waals surface area contributed by atoms with Crippen LogP contribution in [0.25, 0.3) is 0 Å². The number of nitrogens with zero attached hydrogens (tertiary/aromatic N) is 4. The fourth-order valence-electron chi connectivity index (χ4n) is 4.02. The molecule has 3 heterocycles. The second-order valence-electron chi connectivity index (χ2n) is 7.57. The summed E-state index contributed by atoms with van der Waals surface area (Å²) in [6.07, 6.45) is 1.30. The molecule has 0 aromatic rings. The molecule has 4 nitrogen and oxygen atoms in total. The van der Waals surface area contributed by atoms with Crippen molar-refractivity contribution in [3.63, 3.8) is 0 Å². The third kappa shape index (κ3) is 2.16. The van der Waals surface area contributed by atoms with Crippen molar-refractivity contribution in [2.24, 2.45) is 0 Å². The third-order valence-electron chi connectivity index (χ3n) is 5.22. The van der Waals surface area contributed by atoms with Crippen LogP contribution >= 0.6 is 8.07 Å². The molecule has 3 aliphatic rings. The fourth-order valence-corrected chi connectivity index (χ4v) is 7.68. The molecule has 3 unspecified atom stereocenters. The minimum Gasteiger partial charge on any atom is -0.283 e. The Hall–Kier alpha value is 0.270. The Morgan fingerprint density at radius 2 is 1.55 bits per heavy atom. The van der Waals surface area contributed by atoms with Crippen molar-refractivity contribution >= 4 is 8.07 Å². The summed E-state index contributed by atoms with van der Waals surface area (Å²) in [6, 6.07) is 2.03. The lowest BCUT2D eigenvalue weighted by Gasteiger charge is -2.62. The number of rotatable bonds is 3. The smallest absolute Gasteiger partial charge is 0.0828 e. The van der Waals surface area contributed by atoms with E-state index in [1.807, 2.05) is 0 Å². The lowest BCUT2D eigenvalue weighted by atomic mass is 10.2. The van der Waals surface area contributed by atoms with Gasteiger partial charge in [0.2, 0.25) is 0 Å². The van der Waals surface area contributed by atoms with Gasteiger partial charge in [0, 0.05) is 45.6 Å². The van der Waals surface area contributed by atoms with Gasteiger partial charge in [-0.25, -0.2) is 0 Å². The summed E-state index contributed by atoms with van der Waals surface area (Å²) < 4.78 is 2.79. The van der Waals surface area contributed by atoms with Gasteiger partial charge in [0.05, 0.1) is 18.6 Å². The van der Waals surface area contributed by atoms with E-state index < -0.39 is 0 Å². The zero-order valence-electron chi connectivity index (χ0n) is 14.0. The Kier molecular flexibility index (Phi) is 3.92. The molecule has 20 heavy (non-hydrogen) atoms. The molecule has 0 saturated carbocycles. The molecule has 0 radical (unpaired) electrons. The summed E-state index contributed by atoms with van der Waals surface area (Å²) in [6.45, 7) is 19.1. The summed E-state index contributed by atoms with van der Waals surface area (Å²) in [7, 11) is -0.0445. The highest BCUT2D eigenvalue weighted by molar-refractivity contribution is 7.58. The number of hydrogen-bond donors (Lipinski definition) is 0. The highest BCUT2D eigenvalue weighted by Crippen LogP contribution is 2.67. The largest absolute Gasteiger partial charge is 0.283 e. The summed E-state index contributed by atoms with van der Waals surface area (Å²) in [5, 5.41) is 0.484. The van der Waals surface area contributed by atoms with Crippen LogP contribution in [-0.2, 0) is 0 Å². The molecule has 0 amide bonds. The Bertz CT molecular complexity index is 371. The Balaban J connectivity index is 1.88. The van der Waals surface area contributed by atoms with Crippen molar-refractivity contribution in [3.8, 4) is 0 Å². The highest BCUT2D eigenvalue weighted by atomic mass is 31.1. The highest BCUT2D eigenvalue weighted by Gasteiger charge is 2.62. The van der Waals surface area contributed by atoms with Gasteiger partial charge in [0.1, 0.15) is 0 Å². The van der Waals surface area contributed by atoms with Crippen molar-refractivity contribution in [1.29, 1.82) is 0 Å². The van der Waals surface area contributed by atoms with Crippen molar-refractivity contribution in [3.05, 3.63) is 0 Å². The standard InChI is InChI=1S/C15H31N4P/c1-12(2)17-9-16-7-15(18(10-16)13(3)4)8-19(14(5)6)20(15)11-17/h12-14H,7-11H2,1-6H3. The average Bonchev–Trinajstić information content (AvgIpc) is 2.66. The first kappa shape index (κ1) is 15.2. The van der Waals surface area contributed by atoms with Crippen LogP contribution < -0.4 is 0 Å². The van der Waals surface area contributed by atoms with E-state index in [2.05, 4.69) is 60.9 Å². The predicted octanol–water partition coefficient (Wildman–Crippen LogP) is 2.43. The van der Waals surface area contributed by atoms with E-state index in [0.717, 1.165) is 6.67 Å². The van der Waals surface area contributed by atoms with E-state index in [1.165, 1.54) is 26.0 Å². The van der Waals surface area contributed by atoms with Crippen LogP contribution in [0.5, 0.6) is 0 Å². The van der Waals surface area contributed by atoms with E-state index in [0.29, 0.717) is 23.4 Å². The minimum absolute atomic E-state index is 0.0445. The molecule has 3 atom stereocenters. The molecule has 3 aliphatic heterocycles. The Morgan fingerprint density at radius 1 is 0.850 bits per heavy atom. The first-order valence-corrected chi connectivity index (χ1v) is 9.60. The van der Waals surface area contributed by atoms with Gasteiger partial charge in [0.25, 0.3) is 0 Å². The van der Waals surface area contributed by atoms with Crippen molar-refractivity contribution in [2.75, 3.05) is 32.7 Å². The van der Waals surface area contributed by atoms with Crippen LogP contribution in [-0.4, -0.2) is 75.5 Å². The molecule has 0 aromatic carbocycles. The summed E-state index contributed by atoms with van der Waals surface area (Å²) in [5.74, 6) is 0. The zero-order chi connectivity index (χ0) is 14.7. The van der Waals surface area contributed by atoms with Crippen LogP contribution in [0.3, 0.4) is 0 Å². The van der Waals surface area contributed by atoms with Gasteiger partial charge in [-0.3, -0.25) is 19.4 Å². The van der Waals surface area contributed by atoms with Crippen molar-refractivity contribution in [1.82, 2.24) is 19.4 Å². The van der Waals surface area contributed by atoms with E-state index in [9.17, 15) is 0 Å². The molecule has 0 aliphatic carbocycles. The maximum Gasteiger partial charge on any atom is 0.0828 e. The lowest BCUT2D eigenvalue weighted by Crippen LogP contribution is -2.65. The Morgan fingerprint density at radius 3 is 2.10 bits per heavy atom. The first-order chi connectivity index (χ1) is 9.35.